The molecule has 0 spiro atoms. The van der Waals surface area contributed by atoms with Crippen molar-refractivity contribution in [2.45, 2.75) is 13.3 Å². The van der Waals surface area contributed by atoms with Gasteiger partial charge in [-0.15, -0.1) is 0 Å². The van der Waals surface area contributed by atoms with Crippen LogP contribution >= 0.6 is 0 Å². The van der Waals surface area contributed by atoms with Crippen LogP contribution in [0.1, 0.15) is 13.3 Å². The number of aliphatic imine (C=N–C) groups is 1. The highest BCUT2D eigenvalue weighted by Gasteiger charge is 2.02. The molecule has 0 saturated carbocycles. The highest BCUT2D eigenvalue weighted by atomic mass is 16.5. The van der Waals surface area contributed by atoms with Crippen LogP contribution in [0.15, 0.2) is 35.3 Å². The van der Waals surface area contributed by atoms with E-state index in [4.69, 9.17) is 0 Å². The molecule has 0 atom stereocenters. The average Bonchev–Trinajstić information content (AvgIpc) is 2.19. The summed E-state index contributed by atoms with van der Waals surface area (Å²) < 4.78 is 4.54. The van der Waals surface area contributed by atoms with E-state index in [1.807, 2.05) is 37.3 Å². The number of hydrogen-bond donors (Lipinski definition) is 0. The largest absolute Gasteiger partial charge is 0.469 e. The zero-order chi connectivity index (χ0) is 10.4. The molecule has 3 nitrogen and oxygen atoms in total. The summed E-state index contributed by atoms with van der Waals surface area (Å²) >= 11 is 0. The Balaban J connectivity index is 2.65. The molecule has 0 amide bonds. The van der Waals surface area contributed by atoms with Gasteiger partial charge in [0.1, 0.15) is 0 Å². The second-order valence-corrected chi connectivity index (χ2v) is 2.94. The highest BCUT2D eigenvalue weighted by molar-refractivity contribution is 5.98. The van der Waals surface area contributed by atoms with Crippen LogP contribution in [0.4, 0.5) is 5.69 Å². The zero-order valence-electron chi connectivity index (χ0n) is 8.36. The number of hydrogen-bond acceptors (Lipinski definition) is 3. The summed E-state index contributed by atoms with van der Waals surface area (Å²) in [6, 6.07) is 9.52. The number of carbonyl (C=O) groups is 1. The van der Waals surface area contributed by atoms with Crippen molar-refractivity contribution in [1.29, 1.82) is 0 Å². The third-order valence-corrected chi connectivity index (χ3v) is 1.70. The van der Waals surface area contributed by atoms with Crippen LogP contribution in [0.2, 0.25) is 0 Å². The molecular formula is C11H13NO2. The van der Waals surface area contributed by atoms with Gasteiger partial charge in [-0.05, 0) is 19.1 Å². The van der Waals surface area contributed by atoms with Gasteiger partial charge in [0.2, 0.25) is 0 Å². The molecule has 3 heteroatoms. The van der Waals surface area contributed by atoms with Crippen molar-refractivity contribution in [2.75, 3.05) is 7.11 Å². The second-order valence-electron chi connectivity index (χ2n) is 2.94. The Kier molecular flexibility index (Phi) is 3.85. The lowest BCUT2D eigenvalue weighted by Gasteiger charge is -1.99. The Bertz CT molecular complexity index is 330. The number of methoxy groups -OCH3 is 1. The number of carbonyl (C=O) groups excluding carboxylic acids is 1. The minimum Gasteiger partial charge on any atom is -0.469 e. The molecular weight excluding hydrogens is 178 g/mol. The van der Waals surface area contributed by atoms with E-state index in [0.29, 0.717) is 0 Å². The van der Waals surface area contributed by atoms with Gasteiger partial charge in [0.25, 0.3) is 0 Å². The van der Waals surface area contributed by atoms with Crippen molar-refractivity contribution in [3.05, 3.63) is 30.3 Å². The van der Waals surface area contributed by atoms with Crippen LogP contribution < -0.4 is 0 Å². The quantitative estimate of drug-likeness (QED) is 0.543. The molecule has 0 aromatic heterocycles. The highest BCUT2D eigenvalue weighted by Crippen LogP contribution is 2.10. The first kappa shape index (κ1) is 10.4. The topological polar surface area (TPSA) is 38.7 Å². The molecule has 0 aliphatic heterocycles. The van der Waals surface area contributed by atoms with Crippen LogP contribution in [0.5, 0.6) is 0 Å². The minimum atomic E-state index is -0.262. The molecule has 0 aliphatic carbocycles. The van der Waals surface area contributed by atoms with Gasteiger partial charge in [-0.1, -0.05) is 18.2 Å². The summed E-state index contributed by atoms with van der Waals surface area (Å²) in [6.45, 7) is 1.81. The van der Waals surface area contributed by atoms with E-state index in [0.717, 1.165) is 11.4 Å². The van der Waals surface area contributed by atoms with Crippen LogP contribution in [0.25, 0.3) is 0 Å². The Morgan fingerprint density at radius 3 is 2.57 bits per heavy atom. The fraction of sp³-hybridized carbons (Fsp3) is 0.273. The Labute approximate surface area is 83.4 Å². The van der Waals surface area contributed by atoms with E-state index in [-0.39, 0.29) is 12.4 Å². The fourth-order valence-corrected chi connectivity index (χ4v) is 1.04. The molecule has 14 heavy (non-hydrogen) atoms. The zero-order valence-corrected chi connectivity index (χ0v) is 8.36. The average molecular weight is 191 g/mol. The number of benzene rings is 1. The number of esters is 1. The third kappa shape index (κ3) is 3.39. The number of nitrogens with zero attached hydrogens (tertiary/aromatic N) is 1. The van der Waals surface area contributed by atoms with E-state index in [2.05, 4.69) is 9.73 Å². The minimum absolute atomic E-state index is 0.241. The Morgan fingerprint density at radius 2 is 2.00 bits per heavy atom. The lowest BCUT2D eigenvalue weighted by atomic mass is 10.3. The van der Waals surface area contributed by atoms with Crippen molar-refractivity contribution in [3.8, 4) is 0 Å². The fourth-order valence-electron chi connectivity index (χ4n) is 1.04. The van der Waals surface area contributed by atoms with Crippen LogP contribution in [0, 0.1) is 0 Å². The van der Waals surface area contributed by atoms with Gasteiger partial charge in [0.15, 0.2) is 0 Å². The third-order valence-electron chi connectivity index (χ3n) is 1.70. The molecule has 74 valence electrons. The monoisotopic (exact) mass is 191 g/mol. The van der Waals surface area contributed by atoms with Crippen molar-refractivity contribution in [1.82, 2.24) is 0 Å². The molecule has 0 N–H and O–H groups in total. The predicted molar refractivity (Wildman–Crippen MR) is 55.8 cm³/mol. The lowest BCUT2D eigenvalue weighted by molar-refractivity contribution is -0.139. The number of ether oxygens (including phenoxy) is 1. The summed E-state index contributed by atoms with van der Waals surface area (Å²) in [6.07, 6.45) is 0.241. The Morgan fingerprint density at radius 1 is 1.36 bits per heavy atom. The van der Waals surface area contributed by atoms with Crippen LogP contribution in [-0.4, -0.2) is 18.8 Å². The van der Waals surface area contributed by atoms with Gasteiger partial charge >= 0.3 is 5.97 Å². The second kappa shape index (κ2) is 5.17. The molecule has 1 rings (SSSR count). The number of rotatable bonds is 3. The summed E-state index contributed by atoms with van der Waals surface area (Å²) in [5, 5.41) is 0. The van der Waals surface area contributed by atoms with Gasteiger partial charge in [-0.25, -0.2) is 0 Å². The molecule has 0 aliphatic rings. The SMILES string of the molecule is COC(=O)C/C(C)=N\c1ccccc1. The maximum absolute atomic E-state index is 10.9. The molecule has 1 aromatic rings. The van der Waals surface area contributed by atoms with Gasteiger partial charge in [0, 0.05) is 5.71 Å². The molecule has 0 bridgehead atoms. The molecule has 0 heterocycles. The van der Waals surface area contributed by atoms with E-state index in [1.54, 1.807) is 0 Å². The normalized spacial score (nSPS) is 11.1. The van der Waals surface area contributed by atoms with Crippen molar-refractivity contribution >= 4 is 17.4 Å². The maximum atomic E-state index is 10.9. The van der Waals surface area contributed by atoms with Crippen LogP contribution in [0.3, 0.4) is 0 Å². The standard InChI is InChI=1S/C11H13NO2/c1-9(8-11(13)14-2)12-10-6-4-3-5-7-10/h3-7H,8H2,1-2H3/b12-9-. The van der Waals surface area contributed by atoms with Crippen molar-refractivity contribution in [3.63, 3.8) is 0 Å². The molecule has 1 aromatic carbocycles. The summed E-state index contributed by atoms with van der Waals surface area (Å²) in [5.41, 5.74) is 1.61. The summed E-state index contributed by atoms with van der Waals surface area (Å²) in [4.78, 5) is 15.2. The molecule has 0 radical (unpaired) electrons. The van der Waals surface area contributed by atoms with Crippen molar-refractivity contribution in [2.24, 2.45) is 4.99 Å². The smallest absolute Gasteiger partial charge is 0.311 e. The number of para-hydroxylation sites is 1. The molecule has 0 saturated heterocycles. The van der Waals surface area contributed by atoms with Crippen molar-refractivity contribution < 1.29 is 9.53 Å². The van der Waals surface area contributed by atoms with E-state index in [9.17, 15) is 4.79 Å². The maximum Gasteiger partial charge on any atom is 0.311 e. The predicted octanol–water partition coefficient (Wildman–Crippen LogP) is 2.34. The first-order chi connectivity index (χ1) is 6.72. The molecule has 0 unspecified atom stereocenters. The van der Waals surface area contributed by atoms with E-state index >= 15 is 0 Å². The van der Waals surface area contributed by atoms with E-state index < -0.39 is 0 Å². The summed E-state index contributed by atoms with van der Waals surface area (Å²) in [7, 11) is 1.37. The summed E-state index contributed by atoms with van der Waals surface area (Å²) in [5.74, 6) is -0.262. The lowest BCUT2D eigenvalue weighted by Crippen LogP contribution is -2.05. The van der Waals surface area contributed by atoms with E-state index in [1.165, 1.54) is 7.11 Å². The van der Waals surface area contributed by atoms with Gasteiger partial charge in [0.05, 0.1) is 19.2 Å². The van der Waals surface area contributed by atoms with Crippen LogP contribution in [-0.2, 0) is 9.53 Å². The molecule has 0 fully saturated rings. The van der Waals surface area contributed by atoms with Gasteiger partial charge in [-0.3, -0.25) is 9.79 Å². The van der Waals surface area contributed by atoms with Gasteiger partial charge in [-0.2, -0.15) is 0 Å². The first-order valence-corrected chi connectivity index (χ1v) is 4.38. The van der Waals surface area contributed by atoms with Gasteiger partial charge < -0.3 is 4.74 Å². The Hall–Kier alpha value is -1.64. The first-order valence-electron chi connectivity index (χ1n) is 4.38.